The normalized spacial score (nSPS) is 18.1. The van der Waals surface area contributed by atoms with Crippen molar-refractivity contribution in [3.63, 3.8) is 0 Å². The lowest BCUT2D eigenvalue weighted by Gasteiger charge is -2.39. The van der Waals surface area contributed by atoms with Crippen LogP contribution in [0, 0.1) is 11.7 Å². The molecule has 0 unspecified atom stereocenters. The van der Waals surface area contributed by atoms with Gasteiger partial charge in [0.1, 0.15) is 17.9 Å². The van der Waals surface area contributed by atoms with Crippen LogP contribution >= 0.6 is 0 Å². The number of nitrogens with zero attached hydrogens (tertiary/aromatic N) is 1. The maximum Gasteiger partial charge on any atom is 0.251 e. The van der Waals surface area contributed by atoms with Crippen LogP contribution in [0.5, 0.6) is 0 Å². The van der Waals surface area contributed by atoms with E-state index in [1.54, 1.807) is 0 Å². The fourth-order valence-corrected chi connectivity index (χ4v) is 2.61. The summed E-state index contributed by atoms with van der Waals surface area (Å²) in [5.41, 5.74) is 0.590. The summed E-state index contributed by atoms with van der Waals surface area (Å²) in [6, 6.07) is 4.32. The van der Waals surface area contributed by atoms with Crippen molar-refractivity contribution < 1.29 is 18.8 Å². The third-order valence-corrected chi connectivity index (χ3v) is 3.79. The molecule has 0 radical (unpaired) electrons. The Balaban J connectivity index is 1.94. The summed E-state index contributed by atoms with van der Waals surface area (Å²) < 4.78 is 12.9. The molecule has 3 amide bonds. The highest BCUT2D eigenvalue weighted by molar-refractivity contribution is 6.06. The van der Waals surface area contributed by atoms with Crippen LogP contribution in [-0.2, 0) is 14.4 Å². The van der Waals surface area contributed by atoms with Gasteiger partial charge in [-0.25, -0.2) is 4.39 Å². The Morgan fingerprint density at radius 3 is 2.42 bits per heavy atom. The van der Waals surface area contributed by atoms with Gasteiger partial charge in [-0.3, -0.25) is 14.4 Å². The van der Waals surface area contributed by atoms with E-state index in [2.05, 4.69) is 10.6 Å². The van der Waals surface area contributed by atoms with Crippen molar-refractivity contribution in [1.29, 1.82) is 0 Å². The summed E-state index contributed by atoms with van der Waals surface area (Å²) in [5, 5.41) is 5.28. The van der Waals surface area contributed by atoms with E-state index in [1.165, 1.54) is 36.1 Å². The van der Waals surface area contributed by atoms with Crippen molar-refractivity contribution in [2.45, 2.75) is 39.3 Å². The minimum Gasteiger partial charge on any atom is -0.345 e. The summed E-state index contributed by atoms with van der Waals surface area (Å²) in [5.74, 6) is -1.05. The van der Waals surface area contributed by atoms with Gasteiger partial charge in [0, 0.05) is 12.6 Å². The number of anilines is 1. The molecule has 1 saturated heterocycles. The van der Waals surface area contributed by atoms with Crippen molar-refractivity contribution in [3.8, 4) is 0 Å². The first-order valence-corrected chi connectivity index (χ1v) is 7.92. The molecule has 1 aromatic rings. The lowest BCUT2D eigenvalue weighted by molar-refractivity contribution is -0.133. The van der Waals surface area contributed by atoms with Crippen molar-refractivity contribution in [3.05, 3.63) is 30.1 Å². The van der Waals surface area contributed by atoms with Gasteiger partial charge in [0.2, 0.25) is 11.8 Å². The SMILES string of the molecule is CC(=O)N[C@@H](CC(C)C)C(=O)N[C@@H]1CN(c2ccc(F)cc2)C1=O. The number of amides is 3. The number of hydrogen-bond donors (Lipinski definition) is 2. The number of carbonyl (C=O) groups is 3. The highest BCUT2D eigenvalue weighted by Gasteiger charge is 2.39. The topological polar surface area (TPSA) is 78.5 Å². The fraction of sp³-hybridized carbons (Fsp3) is 0.471. The van der Waals surface area contributed by atoms with E-state index in [-0.39, 0.29) is 29.5 Å². The van der Waals surface area contributed by atoms with Gasteiger partial charge in [0.15, 0.2) is 0 Å². The largest absolute Gasteiger partial charge is 0.345 e. The molecular formula is C17H22FN3O3. The quantitative estimate of drug-likeness (QED) is 0.767. The number of benzene rings is 1. The predicted octanol–water partition coefficient (Wildman–Crippen LogP) is 1.21. The van der Waals surface area contributed by atoms with Crippen LogP contribution in [0.3, 0.4) is 0 Å². The standard InChI is InChI=1S/C17H22FN3O3/c1-10(2)8-14(19-11(3)22)16(23)20-15-9-21(17(15)24)13-6-4-12(18)5-7-13/h4-7,10,14-15H,8-9H2,1-3H3,(H,19,22)(H,20,23)/t14-,15+/m0/s1. The second-order valence-electron chi connectivity index (χ2n) is 6.37. The maximum absolute atomic E-state index is 12.9. The minimum atomic E-state index is -0.657. The van der Waals surface area contributed by atoms with Gasteiger partial charge >= 0.3 is 0 Å². The summed E-state index contributed by atoms with van der Waals surface area (Å²) in [7, 11) is 0. The molecule has 0 bridgehead atoms. The number of carbonyl (C=O) groups excluding carboxylic acids is 3. The highest BCUT2D eigenvalue weighted by atomic mass is 19.1. The molecule has 0 spiro atoms. The zero-order valence-corrected chi connectivity index (χ0v) is 14.0. The minimum absolute atomic E-state index is 0.223. The van der Waals surface area contributed by atoms with Gasteiger partial charge in [-0.2, -0.15) is 0 Å². The van der Waals surface area contributed by atoms with E-state index >= 15 is 0 Å². The van der Waals surface area contributed by atoms with E-state index < -0.39 is 12.1 Å². The molecule has 1 heterocycles. The third kappa shape index (κ3) is 4.31. The summed E-state index contributed by atoms with van der Waals surface area (Å²) >= 11 is 0. The second kappa shape index (κ2) is 7.42. The lowest BCUT2D eigenvalue weighted by atomic mass is 10.0. The van der Waals surface area contributed by atoms with Gasteiger partial charge in [-0.15, -0.1) is 0 Å². The molecule has 0 aromatic heterocycles. The van der Waals surface area contributed by atoms with Crippen molar-refractivity contribution >= 4 is 23.4 Å². The van der Waals surface area contributed by atoms with E-state index in [4.69, 9.17) is 0 Å². The summed E-state index contributed by atoms with van der Waals surface area (Å²) in [4.78, 5) is 37.2. The molecule has 1 aliphatic heterocycles. The van der Waals surface area contributed by atoms with Gasteiger partial charge in [0.05, 0.1) is 6.54 Å². The van der Waals surface area contributed by atoms with E-state index in [9.17, 15) is 18.8 Å². The van der Waals surface area contributed by atoms with E-state index in [1.807, 2.05) is 13.8 Å². The second-order valence-corrected chi connectivity index (χ2v) is 6.37. The molecule has 0 saturated carbocycles. The first-order valence-electron chi connectivity index (χ1n) is 7.92. The van der Waals surface area contributed by atoms with Gasteiger partial charge in [0.25, 0.3) is 5.91 Å². The Bertz CT molecular complexity index is 630. The van der Waals surface area contributed by atoms with Crippen LogP contribution in [0.15, 0.2) is 24.3 Å². The van der Waals surface area contributed by atoms with Crippen molar-refractivity contribution in [2.75, 3.05) is 11.4 Å². The number of β-lactam (4-membered cyclic amide) rings is 1. The third-order valence-electron chi connectivity index (χ3n) is 3.79. The Kier molecular flexibility index (Phi) is 5.54. The average Bonchev–Trinajstić information content (AvgIpc) is 2.50. The summed E-state index contributed by atoms with van der Waals surface area (Å²) in [6.45, 7) is 5.58. The van der Waals surface area contributed by atoms with Crippen LogP contribution in [0.4, 0.5) is 10.1 Å². The zero-order chi connectivity index (χ0) is 17.9. The van der Waals surface area contributed by atoms with Crippen LogP contribution in [0.1, 0.15) is 27.2 Å². The smallest absolute Gasteiger partial charge is 0.251 e. The van der Waals surface area contributed by atoms with Crippen LogP contribution in [0.2, 0.25) is 0 Å². The Morgan fingerprint density at radius 1 is 1.29 bits per heavy atom. The average molecular weight is 335 g/mol. The van der Waals surface area contributed by atoms with E-state index in [0.29, 0.717) is 18.7 Å². The molecule has 0 aliphatic carbocycles. The number of nitrogens with one attached hydrogen (secondary N) is 2. The molecule has 24 heavy (non-hydrogen) atoms. The van der Waals surface area contributed by atoms with Crippen molar-refractivity contribution in [1.82, 2.24) is 10.6 Å². The molecular weight excluding hydrogens is 313 g/mol. The summed E-state index contributed by atoms with van der Waals surface area (Å²) in [6.07, 6.45) is 0.494. The maximum atomic E-state index is 12.9. The molecule has 1 aliphatic rings. The highest BCUT2D eigenvalue weighted by Crippen LogP contribution is 2.22. The monoisotopic (exact) mass is 335 g/mol. The Labute approximate surface area is 140 Å². The van der Waals surface area contributed by atoms with Crippen LogP contribution < -0.4 is 15.5 Å². The molecule has 6 nitrogen and oxygen atoms in total. The predicted molar refractivity (Wildman–Crippen MR) is 87.7 cm³/mol. The van der Waals surface area contributed by atoms with Gasteiger partial charge in [-0.05, 0) is 36.6 Å². The van der Waals surface area contributed by atoms with Crippen LogP contribution in [0.25, 0.3) is 0 Å². The number of rotatable bonds is 6. The molecule has 2 N–H and O–H groups in total. The van der Waals surface area contributed by atoms with Crippen LogP contribution in [-0.4, -0.2) is 36.3 Å². The molecule has 7 heteroatoms. The lowest BCUT2D eigenvalue weighted by Crippen LogP contribution is -2.66. The van der Waals surface area contributed by atoms with E-state index in [0.717, 1.165) is 0 Å². The molecule has 130 valence electrons. The first-order chi connectivity index (χ1) is 11.3. The Hall–Kier alpha value is -2.44. The first kappa shape index (κ1) is 17.9. The van der Waals surface area contributed by atoms with Crippen molar-refractivity contribution in [2.24, 2.45) is 5.92 Å². The number of hydrogen-bond acceptors (Lipinski definition) is 3. The molecule has 1 aromatic carbocycles. The molecule has 2 rings (SSSR count). The number of halogens is 1. The molecule has 2 atom stereocenters. The van der Waals surface area contributed by atoms with Gasteiger partial charge < -0.3 is 15.5 Å². The Morgan fingerprint density at radius 2 is 1.92 bits per heavy atom. The molecule has 1 fully saturated rings. The zero-order valence-electron chi connectivity index (χ0n) is 14.0. The fourth-order valence-electron chi connectivity index (χ4n) is 2.61. The van der Waals surface area contributed by atoms with Gasteiger partial charge in [-0.1, -0.05) is 13.8 Å².